The molecule has 1 aliphatic rings. The summed E-state index contributed by atoms with van der Waals surface area (Å²) >= 11 is 0. The van der Waals surface area contributed by atoms with Gasteiger partial charge in [0.25, 0.3) is 11.5 Å². The fourth-order valence-corrected chi connectivity index (χ4v) is 2.89. The van der Waals surface area contributed by atoms with Crippen LogP contribution in [0.2, 0.25) is 0 Å². The number of carbonyl (C=O) groups excluding carboxylic acids is 1. The number of aromatic nitrogens is 1. The Kier molecular flexibility index (Phi) is 4.61. The Morgan fingerprint density at radius 1 is 0.963 bits per heavy atom. The molecule has 0 saturated carbocycles. The molecule has 1 N–H and O–H groups in total. The lowest BCUT2D eigenvalue weighted by atomic mass is 10.2. The van der Waals surface area contributed by atoms with E-state index in [4.69, 9.17) is 9.47 Å². The highest BCUT2D eigenvalue weighted by Crippen LogP contribution is 2.32. The molecule has 0 saturated heterocycles. The highest BCUT2D eigenvalue weighted by molar-refractivity contribution is 6.04. The van der Waals surface area contributed by atoms with Crippen LogP contribution in [0, 0.1) is 0 Å². The summed E-state index contributed by atoms with van der Waals surface area (Å²) in [5.74, 6) is 0.970. The van der Waals surface area contributed by atoms with Crippen LogP contribution in [0.15, 0.2) is 71.7 Å². The van der Waals surface area contributed by atoms with Gasteiger partial charge in [0, 0.05) is 24.0 Å². The molecule has 0 fully saturated rings. The molecular formula is C21H18N2O4. The normalized spacial score (nSPS) is 12.4. The van der Waals surface area contributed by atoms with Gasteiger partial charge in [-0.05, 0) is 23.8 Å². The molecule has 1 aromatic heterocycles. The van der Waals surface area contributed by atoms with Gasteiger partial charge in [0.2, 0.25) is 0 Å². The largest absolute Gasteiger partial charge is 0.486 e. The molecule has 0 radical (unpaired) electrons. The number of nitrogens with zero attached hydrogens (tertiary/aromatic N) is 1. The lowest BCUT2D eigenvalue weighted by Crippen LogP contribution is -2.22. The number of pyridine rings is 1. The van der Waals surface area contributed by atoms with Crippen molar-refractivity contribution >= 4 is 11.6 Å². The summed E-state index contributed by atoms with van der Waals surface area (Å²) < 4.78 is 12.5. The van der Waals surface area contributed by atoms with E-state index < -0.39 is 0 Å². The van der Waals surface area contributed by atoms with Gasteiger partial charge in [0.15, 0.2) is 11.5 Å². The van der Waals surface area contributed by atoms with E-state index in [1.165, 1.54) is 16.7 Å². The predicted octanol–water partition coefficient (Wildman–Crippen LogP) is 2.92. The maximum absolute atomic E-state index is 12.6. The second-order valence-electron chi connectivity index (χ2n) is 6.18. The summed E-state index contributed by atoms with van der Waals surface area (Å²) in [6, 6.07) is 17.8. The Balaban J connectivity index is 1.53. The monoisotopic (exact) mass is 362 g/mol. The average Bonchev–Trinajstić information content (AvgIpc) is 2.70. The van der Waals surface area contributed by atoms with Gasteiger partial charge >= 0.3 is 0 Å². The molecule has 0 aliphatic carbocycles. The van der Waals surface area contributed by atoms with Crippen molar-refractivity contribution in [3.8, 4) is 11.5 Å². The molecule has 6 nitrogen and oxygen atoms in total. The minimum Gasteiger partial charge on any atom is -0.486 e. The highest BCUT2D eigenvalue weighted by atomic mass is 16.6. The van der Waals surface area contributed by atoms with E-state index in [9.17, 15) is 9.59 Å². The minimum atomic E-state index is -0.298. The Morgan fingerprint density at radius 2 is 1.74 bits per heavy atom. The zero-order chi connectivity index (χ0) is 18.6. The number of hydrogen-bond donors (Lipinski definition) is 1. The number of fused-ring (bicyclic) bond motifs is 1. The maximum atomic E-state index is 12.6. The topological polar surface area (TPSA) is 69.6 Å². The smallest absolute Gasteiger partial charge is 0.257 e. The molecule has 27 heavy (non-hydrogen) atoms. The number of rotatable bonds is 4. The second-order valence-corrected chi connectivity index (χ2v) is 6.18. The summed E-state index contributed by atoms with van der Waals surface area (Å²) in [5.41, 5.74) is 1.84. The summed E-state index contributed by atoms with van der Waals surface area (Å²) in [6.07, 6.45) is 1.57. The first-order chi connectivity index (χ1) is 13.2. The Hall–Kier alpha value is -3.54. The number of nitrogens with one attached hydrogen (secondary N) is 1. The van der Waals surface area contributed by atoms with Crippen molar-refractivity contribution in [1.82, 2.24) is 4.57 Å². The first-order valence-electron chi connectivity index (χ1n) is 8.64. The number of ether oxygens (including phenoxy) is 2. The van der Waals surface area contributed by atoms with Gasteiger partial charge in [-0.15, -0.1) is 0 Å². The first-order valence-corrected chi connectivity index (χ1v) is 8.64. The van der Waals surface area contributed by atoms with Crippen LogP contribution < -0.4 is 20.3 Å². The summed E-state index contributed by atoms with van der Waals surface area (Å²) in [7, 11) is 0. The molecule has 0 atom stereocenters. The van der Waals surface area contributed by atoms with Crippen LogP contribution in [0.4, 0.5) is 5.69 Å². The number of benzene rings is 2. The summed E-state index contributed by atoms with van der Waals surface area (Å²) in [5, 5.41) is 2.83. The van der Waals surface area contributed by atoms with Crippen LogP contribution in [0.25, 0.3) is 0 Å². The molecule has 1 aliphatic heterocycles. The molecule has 0 spiro atoms. The molecule has 2 aromatic carbocycles. The van der Waals surface area contributed by atoms with Crippen molar-refractivity contribution < 1.29 is 14.3 Å². The third-order valence-electron chi connectivity index (χ3n) is 4.24. The van der Waals surface area contributed by atoms with Crippen LogP contribution in [-0.2, 0) is 6.54 Å². The van der Waals surface area contributed by atoms with Gasteiger partial charge in [-0.1, -0.05) is 30.3 Å². The van der Waals surface area contributed by atoms with Crippen LogP contribution in [0.5, 0.6) is 11.5 Å². The van der Waals surface area contributed by atoms with Crippen molar-refractivity contribution in [2.75, 3.05) is 18.5 Å². The first kappa shape index (κ1) is 16.9. The number of anilines is 1. The van der Waals surface area contributed by atoms with Crippen molar-refractivity contribution in [2.24, 2.45) is 0 Å². The Morgan fingerprint density at radius 3 is 2.56 bits per heavy atom. The van der Waals surface area contributed by atoms with Gasteiger partial charge in [-0.25, -0.2) is 0 Å². The number of amides is 1. The molecule has 6 heteroatoms. The number of hydrogen-bond acceptors (Lipinski definition) is 4. The average molecular weight is 362 g/mol. The molecule has 0 bridgehead atoms. The molecule has 136 valence electrons. The third kappa shape index (κ3) is 3.84. The van der Waals surface area contributed by atoms with Gasteiger partial charge < -0.3 is 19.4 Å². The molecule has 3 aromatic rings. The molecule has 0 unspecified atom stereocenters. The van der Waals surface area contributed by atoms with E-state index in [0.29, 0.717) is 42.5 Å². The summed E-state index contributed by atoms with van der Waals surface area (Å²) in [6.45, 7) is 1.40. The Bertz CT molecular complexity index is 1030. The Labute approximate surface area is 156 Å². The molecule has 1 amide bonds. The maximum Gasteiger partial charge on any atom is 0.257 e. The van der Waals surface area contributed by atoms with Crippen LogP contribution >= 0.6 is 0 Å². The predicted molar refractivity (Wildman–Crippen MR) is 102 cm³/mol. The second kappa shape index (κ2) is 7.37. The van der Waals surface area contributed by atoms with Crippen molar-refractivity contribution in [2.45, 2.75) is 6.54 Å². The van der Waals surface area contributed by atoms with Crippen molar-refractivity contribution in [3.63, 3.8) is 0 Å². The van der Waals surface area contributed by atoms with E-state index in [1.807, 2.05) is 30.3 Å². The fourth-order valence-electron chi connectivity index (χ4n) is 2.89. The highest BCUT2D eigenvalue weighted by Gasteiger charge is 2.14. The molecular weight excluding hydrogens is 344 g/mol. The van der Waals surface area contributed by atoms with E-state index >= 15 is 0 Å². The van der Waals surface area contributed by atoms with E-state index in [-0.39, 0.29) is 11.5 Å². The van der Waals surface area contributed by atoms with E-state index in [0.717, 1.165) is 5.56 Å². The van der Waals surface area contributed by atoms with Gasteiger partial charge in [0.05, 0.1) is 12.1 Å². The van der Waals surface area contributed by atoms with Crippen molar-refractivity contribution in [1.29, 1.82) is 0 Å². The molecule has 4 rings (SSSR count). The lowest BCUT2D eigenvalue weighted by Gasteiger charge is -2.19. The van der Waals surface area contributed by atoms with Crippen LogP contribution in [-0.4, -0.2) is 23.7 Å². The lowest BCUT2D eigenvalue weighted by molar-refractivity contribution is 0.102. The van der Waals surface area contributed by atoms with Crippen LogP contribution in [0.3, 0.4) is 0 Å². The van der Waals surface area contributed by atoms with Crippen molar-refractivity contribution in [3.05, 3.63) is 88.3 Å². The van der Waals surface area contributed by atoms with Crippen LogP contribution in [0.1, 0.15) is 15.9 Å². The fraction of sp³-hybridized carbons (Fsp3) is 0.143. The van der Waals surface area contributed by atoms with E-state index in [2.05, 4.69) is 5.32 Å². The zero-order valence-corrected chi connectivity index (χ0v) is 14.6. The summed E-state index contributed by atoms with van der Waals surface area (Å²) in [4.78, 5) is 24.7. The van der Waals surface area contributed by atoms with Gasteiger partial charge in [-0.3, -0.25) is 9.59 Å². The standard InChI is InChI=1S/C21H18N2O4/c24-20-9-6-16(14-23(20)13-15-4-2-1-3-5-15)21(25)22-17-7-8-18-19(12-17)27-11-10-26-18/h1-9,12,14H,10-11,13H2,(H,22,25). The third-order valence-corrected chi connectivity index (χ3v) is 4.24. The molecule has 2 heterocycles. The minimum absolute atomic E-state index is 0.158. The van der Waals surface area contributed by atoms with E-state index in [1.54, 1.807) is 24.4 Å². The number of carbonyl (C=O) groups is 1. The van der Waals surface area contributed by atoms with Gasteiger partial charge in [-0.2, -0.15) is 0 Å². The zero-order valence-electron chi connectivity index (χ0n) is 14.6. The quantitative estimate of drug-likeness (QED) is 0.775. The van der Waals surface area contributed by atoms with Gasteiger partial charge in [0.1, 0.15) is 13.2 Å². The SMILES string of the molecule is O=C(Nc1ccc2c(c1)OCCO2)c1ccc(=O)n(Cc2ccccc2)c1.